The summed E-state index contributed by atoms with van der Waals surface area (Å²) in [5.41, 5.74) is 2.07. The van der Waals surface area contributed by atoms with Crippen LogP contribution < -0.4 is 5.32 Å². The first-order valence-electron chi connectivity index (χ1n) is 10.2. The number of ether oxygens (including phenoxy) is 1. The van der Waals surface area contributed by atoms with Gasteiger partial charge in [-0.1, -0.05) is 28.9 Å². The molecule has 0 radical (unpaired) electrons. The molecular weight excluding hydrogens is 356 g/mol. The van der Waals surface area contributed by atoms with E-state index in [1.165, 1.54) is 0 Å². The summed E-state index contributed by atoms with van der Waals surface area (Å²) in [6.45, 7) is 6.62. The first kappa shape index (κ1) is 19.1. The van der Waals surface area contributed by atoms with Crippen molar-refractivity contribution in [2.75, 3.05) is 19.7 Å². The van der Waals surface area contributed by atoms with Crippen LogP contribution in [0.15, 0.2) is 28.8 Å². The van der Waals surface area contributed by atoms with Crippen LogP contribution in [-0.2, 0) is 16.1 Å². The van der Waals surface area contributed by atoms with E-state index in [0.717, 1.165) is 43.5 Å². The van der Waals surface area contributed by atoms with E-state index in [-0.39, 0.29) is 24.0 Å². The Morgan fingerprint density at radius 2 is 2.25 bits per heavy atom. The van der Waals surface area contributed by atoms with Gasteiger partial charge in [-0.3, -0.25) is 4.79 Å². The molecule has 2 heterocycles. The van der Waals surface area contributed by atoms with E-state index in [2.05, 4.69) is 15.5 Å². The maximum Gasteiger partial charge on any atom is 0.246 e. The highest BCUT2D eigenvalue weighted by Crippen LogP contribution is 2.30. The SMILES string of the molecule is CCN(Cc1nc(-c2cccc(C)c2)no1)C(=O)[C@H]1CC[C@H]2OCCN[C@@H]2C1. The number of carbonyl (C=O) groups excluding carboxylic acids is 1. The molecule has 0 bridgehead atoms. The third-order valence-electron chi connectivity index (χ3n) is 5.74. The Morgan fingerprint density at radius 1 is 1.36 bits per heavy atom. The van der Waals surface area contributed by atoms with Crippen LogP contribution in [0.25, 0.3) is 11.4 Å². The average Bonchev–Trinajstić information content (AvgIpc) is 3.20. The Kier molecular flexibility index (Phi) is 5.73. The summed E-state index contributed by atoms with van der Waals surface area (Å²) >= 11 is 0. The van der Waals surface area contributed by atoms with E-state index in [0.29, 0.717) is 24.8 Å². The van der Waals surface area contributed by atoms with E-state index in [4.69, 9.17) is 9.26 Å². The fourth-order valence-corrected chi connectivity index (χ4v) is 4.22. The van der Waals surface area contributed by atoms with Gasteiger partial charge in [-0.2, -0.15) is 4.98 Å². The zero-order valence-electron chi connectivity index (χ0n) is 16.6. The number of rotatable bonds is 5. The lowest BCUT2D eigenvalue weighted by molar-refractivity contribution is -0.139. The molecule has 1 saturated heterocycles. The number of amides is 1. The molecule has 1 aromatic carbocycles. The van der Waals surface area contributed by atoms with Crippen LogP contribution in [0.4, 0.5) is 0 Å². The Labute approximate surface area is 165 Å². The number of nitrogens with one attached hydrogen (secondary N) is 1. The lowest BCUT2D eigenvalue weighted by Crippen LogP contribution is -2.53. The Bertz CT molecular complexity index is 821. The monoisotopic (exact) mass is 384 g/mol. The van der Waals surface area contributed by atoms with E-state index in [1.54, 1.807) is 0 Å². The molecule has 1 N–H and O–H groups in total. The summed E-state index contributed by atoms with van der Waals surface area (Å²) in [7, 11) is 0. The first-order chi connectivity index (χ1) is 13.6. The molecule has 1 amide bonds. The molecule has 1 saturated carbocycles. The van der Waals surface area contributed by atoms with Crippen LogP contribution in [0.1, 0.15) is 37.6 Å². The summed E-state index contributed by atoms with van der Waals surface area (Å²) in [4.78, 5) is 19.4. The first-order valence-corrected chi connectivity index (χ1v) is 10.2. The summed E-state index contributed by atoms with van der Waals surface area (Å²) < 4.78 is 11.3. The second-order valence-electron chi connectivity index (χ2n) is 7.71. The normalized spacial score (nSPS) is 24.6. The molecular formula is C21H28N4O3. The second-order valence-corrected chi connectivity index (χ2v) is 7.71. The van der Waals surface area contributed by atoms with Crippen molar-refractivity contribution in [1.82, 2.24) is 20.4 Å². The Balaban J connectivity index is 1.41. The smallest absolute Gasteiger partial charge is 0.246 e. The minimum Gasteiger partial charge on any atom is -0.375 e. The van der Waals surface area contributed by atoms with Gasteiger partial charge in [-0.15, -0.1) is 0 Å². The molecule has 7 heteroatoms. The Hall–Kier alpha value is -2.25. The van der Waals surface area contributed by atoms with Crippen molar-refractivity contribution in [3.8, 4) is 11.4 Å². The largest absolute Gasteiger partial charge is 0.375 e. The van der Waals surface area contributed by atoms with Gasteiger partial charge in [-0.25, -0.2) is 0 Å². The molecule has 1 aliphatic carbocycles. The predicted molar refractivity (Wildman–Crippen MR) is 104 cm³/mol. The third-order valence-corrected chi connectivity index (χ3v) is 5.74. The minimum absolute atomic E-state index is 0.0227. The zero-order valence-corrected chi connectivity index (χ0v) is 16.6. The van der Waals surface area contributed by atoms with Gasteiger partial charge in [0.15, 0.2) is 0 Å². The average molecular weight is 384 g/mol. The van der Waals surface area contributed by atoms with Crippen molar-refractivity contribution in [2.24, 2.45) is 5.92 Å². The topological polar surface area (TPSA) is 80.5 Å². The van der Waals surface area contributed by atoms with Crippen molar-refractivity contribution in [2.45, 2.75) is 51.8 Å². The number of hydrogen-bond donors (Lipinski definition) is 1. The Morgan fingerprint density at radius 3 is 3.07 bits per heavy atom. The quantitative estimate of drug-likeness (QED) is 0.853. The van der Waals surface area contributed by atoms with Crippen LogP contribution in [0.2, 0.25) is 0 Å². The van der Waals surface area contributed by atoms with Crippen LogP contribution >= 0.6 is 0 Å². The van der Waals surface area contributed by atoms with Gasteiger partial charge in [0, 0.05) is 30.6 Å². The van der Waals surface area contributed by atoms with Gasteiger partial charge < -0.3 is 19.5 Å². The number of fused-ring (bicyclic) bond motifs is 1. The number of morpholine rings is 1. The molecule has 3 atom stereocenters. The van der Waals surface area contributed by atoms with Gasteiger partial charge in [0.25, 0.3) is 0 Å². The fraction of sp³-hybridized carbons (Fsp3) is 0.571. The van der Waals surface area contributed by atoms with Crippen molar-refractivity contribution in [3.05, 3.63) is 35.7 Å². The van der Waals surface area contributed by atoms with E-state index in [9.17, 15) is 4.79 Å². The maximum absolute atomic E-state index is 13.1. The summed E-state index contributed by atoms with van der Waals surface area (Å²) in [6, 6.07) is 8.27. The number of aromatic nitrogens is 2. The van der Waals surface area contributed by atoms with Crippen molar-refractivity contribution >= 4 is 5.91 Å². The number of nitrogens with zero attached hydrogens (tertiary/aromatic N) is 3. The lowest BCUT2D eigenvalue weighted by atomic mass is 9.82. The third kappa shape index (κ3) is 4.10. The van der Waals surface area contributed by atoms with Gasteiger partial charge in [0.1, 0.15) is 0 Å². The summed E-state index contributed by atoms with van der Waals surface area (Å²) in [6.07, 6.45) is 2.89. The highest BCUT2D eigenvalue weighted by atomic mass is 16.5. The molecule has 2 aliphatic rings. The maximum atomic E-state index is 13.1. The van der Waals surface area contributed by atoms with Gasteiger partial charge >= 0.3 is 0 Å². The van der Waals surface area contributed by atoms with Crippen molar-refractivity contribution in [1.29, 1.82) is 0 Å². The van der Waals surface area contributed by atoms with Crippen LogP contribution in [-0.4, -0.2) is 52.8 Å². The molecule has 2 fully saturated rings. The van der Waals surface area contributed by atoms with E-state index in [1.807, 2.05) is 43.0 Å². The molecule has 2 aromatic rings. The number of aryl methyl sites for hydroxylation is 1. The molecule has 7 nitrogen and oxygen atoms in total. The molecule has 4 rings (SSSR count). The van der Waals surface area contributed by atoms with Crippen molar-refractivity contribution in [3.63, 3.8) is 0 Å². The van der Waals surface area contributed by atoms with Gasteiger partial charge in [-0.05, 0) is 39.2 Å². The van der Waals surface area contributed by atoms with Gasteiger partial charge in [0.05, 0.1) is 19.3 Å². The highest BCUT2D eigenvalue weighted by molar-refractivity contribution is 5.79. The zero-order chi connectivity index (χ0) is 19.5. The van der Waals surface area contributed by atoms with Crippen LogP contribution in [0.3, 0.4) is 0 Å². The van der Waals surface area contributed by atoms with Crippen molar-refractivity contribution < 1.29 is 14.1 Å². The standard InChI is InChI=1S/C21H28N4O3/c1-3-25(21(26)16-7-8-18-17(12-16)22-9-10-27-18)13-19-23-20(24-28-19)15-6-4-5-14(2)11-15/h4-6,11,16-18,22H,3,7-10,12-13H2,1-2H3/t16-,17+,18+/m0/s1. The second kappa shape index (κ2) is 8.41. The predicted octanol–water partition coefficient (Wildman–Crippen LogP) is 2.55. The minimum atomic E-state index is 0.0227. The number of benzene rings is 1. The molecule has 1 aromatic heterocycles. The molecule has 0 unspecified atom stereocenters. The lowest BCUT2D eigenvalue weighted by Gasteiger charge is -2.40. The van der Waals surface area contributed by atoms with Crippen LogP contribution in [0.5, 0.6) is 0 Å². The highest BCUT2D eigenvalue weighted by Gasteiger charge is 2.37. The molecule has 28 heavy (non-hydrogen) atoms. The van der Waals surface area contributed by atoms with Crippen LogP contribution in [0, 0.1) is 12.8 Å². The fourth-order valence-electron chi connectivity index (χ4n) is 4.22. The van der Waals surface area contributed by atoms with Gasteiger partial charge in [0.2, 0.25) is 17.6 Å². The summed E-state index contributed by atoms with van der Waals surface area (Å²) in [5.74, 6) is 1.23. The molecule has 150 valence electrons. The number of hydrogen-bond acceptors (Lipinski definition) is 6. The summed E-state index contributed by atoms with van der Waals surface area (Å²) in [5, 5.41) is 7.59. The molecule has 0 spiro atoms. The molecule has 1 aliphatic heterocycles. The van der Waals surface area contributed by atoms with E-state index >= 15 is 0 Å². The number of carbonyl (C=O) groups is 1. The van der Waals surface area contributed by atoms with E-state index < -0.39 is 0 Å².